The van der Waals surface area contributed by atoms with Gasteiger partial charge < -0.3 is 14.5 Å². The summed E-state index contributed by atoms with van der Waals surface area (Å²) < 4.78 is 24.4. The second-order valence-electron chi connectivity index (χ2n) is 7.77. The van der Waals surface area contributed by atoms with Crippen LogP contribution in [0.4, 0.5) is 4.39 Å². The summed E-state index contributed by atoms with van der Waals surface area (Å²) in [6.07, 6.45) is 3.47. The van der Waals surface area contributed by atoms with Gasteiger partial charge in [-0.25, -0.2) is 9.37 Å². The van der Waals surface area contributed by atoms with Gasteiger partial charge in [0, 0.05) is 31.1 Å². The monoisotopic (exact) mass is 443 g/mol. The van der Waals surface area contributed by atoms with Crippen LogP contribution in [0.3, 0.4) is 0 Å². The molecule has 31 heavy (non-hydrogen) atoms. The minimum absolute atomic E-state index is 0.0792. The van der Waals surface area contributed by atoms with Crippen molar-refractivity contribution in [2.24, 2.45) is 0 Å². The fourth-order valence-corrected chi connectivity index (χ4v) is 4.51. The first kappa shape index (κ1) is 21.7. The van der Waals surface area contributed by atoms with E-state index in [2.05, 4.69) is 33.6 Å². The molecule has 3 heterocycles. The third kappa shape index (κ3) is 6.00. The molecule has 2 aromatic heterocycles. The average molecular weight is 444 g/mol. The zero-order valence-electron chi connectivity index (χ0n) is 17.5. The lowest BCUT2D eigenvalue weighted by Gasteiger charge is -2.20. The maximum absolute atomic E-state index is 13.3. The number of hydrogen-bond donors (Lipinski definition) is 1. The van der Waals surface area contributed by atoms with Crippen LogP contribution in [0, 0.1) is 12.7 Å². The van der Waals surface area contributed by atoms with Crippen LogP contribution < -0.4 is 5.32 Å². The zero-order valence-corrected chi connectivity index (χ0v) is 18.3. The summed E-state index contributed by atoms with van der Waals surface area (Å²) in [5, 5.41) is 4.93. The fraction of sp³-hybridized carbons (Fsp3) is 0.391. The number of oxazole rings is 1. The second kappa shape index (κ2) is 10.2. The molecule has 1 N–H and O–H groups in total. The van der Waals surface area contributed by atoms with Crippen molar-refractivity contribution in [2.75, 3.05) is 13.2 Å². The number of aromatic nitrogens is 1. The Morgan fingerprint density at radius 3 is 2.81 bits per heavy atom. The van der Waals surface area contributed by atoms with E-state index in [-0.39, 0.29) is 23.5 Å². The molecule has 1 atom stereocenters. The molecule has 1 saturated heterocycles. The number of carbonyl (C=O) groups is 1. The lowest BCUT2D eigenvalue weighted by molar-refractivity contribution is 0.0853. The number of thiophene rings is 1. The SMILES string of the molecule is Cc1ccsc1CN(Cc1ccc(F)cc1)Cc1nc(C(=O)NCC2CCCO2)co1. The van der Waals surface area contributed by atoms with Crippen molar-refractivity contribution >= 4 is 17.2 Å². The Balaban J connectivity index is 1.41. The normalized spacial score (nSPS) is 16.2. The molecule has 0 bridgehead atoms. The number of amides is 1. The number of rotatable bonds is 9. The van der Waals surface area contributed by atoms with Gasteiger partial charge >= 0.3 is 0 Å². The Labute approximate surface area is 185 Å². The average Bonchev–Trinajstić information content (AvgIpc) is 3.51. The molecule has 1 aromatic carbocycles. The van der Waals surface area contributed by atoms with Crippen molar-refractivity contribution in [3.63, 3.8) is 0 Å². The van der Waals surface area contributed by atoms with Gasteiger partial charge in [-0.1, -0.05) is 12.1 Å². The first-order valence-corrected chi connectivity index (χ1v) is 11.3. The number of ether oxygens (including phenoxy) is 1. The number of halogens is 1. The summed E-state index contributed by atoms with van der Waals surface area (Å²) in [4.78, 5) is 20.2. The number of benzene rings is 1. The summed E-state index contributed by atoms with van der Waals surface area (Å²) in [5.74, 6) is -0.0426. The minimum atomic E-state index is -0.260. The summed E-state index contributed by atoms with van der Waals surface area (Å²) in [5.41, 5.74) is 2.49. The maximum Gasteiger partial charge on any atom is 0.273 e. The highest BCUT2D eigenvalue weighted by Gasteiger charge is 2.19. The van der Waals surface area contributed by atoms with Crippen molar-refractivity contribution in [1.29, 1.82) is 0 Å². The van der Waals surface area contributed by atoms with E-state index >= 15 is 0 Å². The highest BCUT2D eigenvalue weighted by molar-refractivity contribution is 7.10. The Hall–Kier alpha value is -2.55. The predicted molar refractivity (Wildman–Crippen MR) is 116 cm³/mol. The topological polar surface area (TPSA) is 67.6 Å². The summed E-state index contributed by atoms with van der Waals surface area (Å²) >= 11 is 1.70. The van der Waals surface area contributed by atoms with Gasteiger partial charge in [-0.2, -0.15) is 0 Å². The van der Waals surface area contributed by atoms with Crippen molar-refractivity contribution < 1.29 is 18.3 Å². The molecule has 1 unspecified atom stereocenters. The third-order valence-electron chi connectivity index (χ3n) is 5.31. The number of aryl methyl sites for hydroxylation is 1. The third-order valence-corrected chi connectivity index (χ3v) is 6.32. The van der Waals surface area contributed by atoms with Crippen molar-refractivity contribution in [1.82, 2.24) is 15.2 Å². The molecule has 1 aliphatic heterocycles. The first-order chi connectivity index (χ1) is 15.1. The van der Waals surface area contributed by atoms with E-state index < -0.39 is 0 Å². The summed E-state index contributed by atoms with van der Waals surface area (Å²) in [7, 11) is 0. The Kier molecular flexibility index (Phi) is 7.11. The van der Waals surface area contributed by atoms with Crippen molar-refractivity contribution in [2.45, 2.75) is 45.5 Å². The predicted octanol–water partition coefficient (Wildman–Crippen LogP) is 4.29. The van der Waals surface area contributed by atoms with Gasteiger partial charge in [-0.15, -0.1) is 11.3 Å². The number of nitrogens with one attached hydrogen (secondary N) is 1. The molecule has 0 saturated carbocycles. The van der Waals surface area contributed by atoms with Gasteiger partial charge in [-0.05, 0) is 54.5 Å². The van der Waals surface area contributed by atoms with Gasteiger partial charge in [-0.3, -0.25) is 9.69 Å². The highest BCUT2D eigenvalue weighted by atomic mass is 32.1. The van der Waals surface area contributed by atoms with Crippen LogP contribution in [0.15, 0.2) is 46.4 Å². The molecule has 1 amide bonds. The van der Waals surface area contributed by atoms with Gasteiger partial charge in [0.1, 0.15) is 12.1 Å². The van der Waals surface area contributed by atoms with Crippen LogP contribution in [-0.2, 0) is 24.4 Å². The molecule has 0 spiro atoms. The van der Waals surface area contributed by atoms with Gasteiger partial charge in [0.25, 0.3) is 5.91 Å². The molecule has 1 fully saturated rings. The molecule has 0 radical (unpaired) electrons. The van der Waals surface area contributed by atoms with Crippen LogP contribution in [0.25, 0.3) is 0 Å². The van der Waals surface area contributed by atoms with Crippen molar-refractivity contribution in [3.05, 3.63) is 75.4 Å². The van der Waals surface area contributed by atoms with Gasteiger partial charge in [0.05, 0.1) is 12.6 Å². The fourth-order valence-electron chi connectivity index (χ4n) is 3.57. The van der Waals surface area contributed by atoms with Gasteiger partial charge in [0.2, 0.25) is 5.89 Å². The minimum Gasteiger partial charge on any atom is -0.447 e. The summed E-state index contributed by atoms with van der Waals surface area (Å²) in [6, 6.07) is 8.58. The van der Waals surface area contributed by atoms with Crippen LogP contribution in [0.2, 0.25) is 0 Å². The Morgan fingerprint density at radius 2 is 2.10 bits per heavy atom. The lowest BCUT2D eigenvalue weighted by Crippen LogP contribution is -2.32. The number of carbonyl (C=O) groups excluding carboxylic acids is 1. The van der Waals surface area contributed by atoms with E-state index in [0.29, 0.717) is 32.1 Å². The van der Waals surface area contributed by atoms with E-state index in [0.717, 1.165) is 25.0 Å². The standard InChI is InChI=1S/C23H26FN3O3S/c1-16-8-10-31-21(16)13-27(12-17-4-6-18(24)7-5-17)14-22-26-20(15-30-22)23(28)25-11-19-3-2-9-29-19/h4-8,10,15,19H,2-3,9,11-14H2,1H3,(H,25,28). The molecule has 1 aliphatic rings. The van der Waals surface area contributed by atoms with Gasteiger partial charge in [0.15, 0.2) is 5.69 Å². The van der Waals surface area contributed by atoms with Crippen LogP contribution in [0.5, 0.6) is 0 Å². The smallest absolute Gasteiger partial charge is 0.273 e. The van der Waals surface area contributed by atoms with E-state index in [1.807, 2.05) is 0 Å². The molecule has 164 valence electrons. The number of hydrogen-bond acceptors (Lipinski definition) is 6. The quantitative estimate of drug-likeness (QED) is 0.534. The molecule has 6 nitrogen and oxygen atoms in total. The first-order valence-electron chi connectivity index (χ1n) is 10.4. The largest absolute Gasteiger partial charge is 0.447 e. The molecular formula is C23H26FN3O3S. The van der Waals surface area contributed by atoms with Crippen LogP contribution in [-0.4, -0.2) is 35.0 Å². The van der Waals surface area contributed by atoms with Crippen LogP contribution >= 0.6 is 11.3 Å². The second-order valence-corrected chi connectivity index (χ2v) is 8.77. The molecular weight excluding hydrogens is 417 g/mol. The lowest BCUT2D eigenvalue weighted by atomic mass is 10.2. The van der Waals surface area contributed by atoms with Crippen molar-refractivity contribution in [3.8, 4) is 0 Å². The van der Waals surface area contributed by atoms with E-state index in [4.69, 9.17) is 9.15 Å². The Morgan fingerprint density at radius 1 is 1.26 bits per heavy atom. The number of nitrogens with zero attached hydrogens (tertiary/aromatic N) is 2. The summed E-state index contributed by atoms with van der Waals surface area (Å²) in [6.45, 7) is 5.08. The highest BCUT2D eigenvalue weighted by Crippen LogP contribution is 2.21. The van der Waals surface area contributed by atoms with Crippen LogP contribution in [0.1, 0.15) is 45.2 Å². The van der Waals surface area contributed by atoms with E-state index in [1.165, 1.54) is 28.8 Å². The zero-order chi connectivity index (χ0) is 21.6. The maximum atomic E-state index is 13.3. The van der Waals surface area contributed by atoms with E-state index in [1.54, 1.807) is 23.5 Å². The van der Waals surface area contributed by atoms with E-state index in [9.17, 15) is 9.18 Å². The Bertz CT molecular complexity index is 996. The molecule has 4 rings (SSSR count). The molecule has 3 aromatic rings. The molecule has 8 heteroatoms. The molecule has 0 aliphatic carbocycles.